The maximum Gasteiger partial charge on any atom is 0.255 e. The van der Waals surface area contributed by atoms with E-state index in [9.17, 15) is 9.90 Å². The first-order valence-electron chi connectivity index (χ1n) is 5.76. The van der Waals surface area contributed by atoms with Gasteiger partial charge in [0, 0.05) is 13.1 Å². The van der Waals surface area contributed by atoms with Crippen LogP contribution in [0.3, 0.4) is 0 Å². The third-order valence-corrected chi connectivity index (χ3v) is 2.81. The molecule has 0 aromatic heterocycles. The molecule has 2 rings (SSSR count). The number of ether oxygens (including phenoxy) is 1. The summed E-state index contributed by atoms with van der Waals surface area (Å²) in [5, 5.41) is 18.6. The molecule has 1 N–H and O–H groups in total. The number of hydrogen-bond donors (Lipinski definition) is 1. The number of hydrogen-bond acceptors (Lipinski definition) is 4. The van der Waals surface area contributed by atoms with Gasteiger partial charge in [-0.15, -0.1) is 0 Å². The highest BCUT2D eigenvalue weighted by Gasteiger charge is 2.23. The summed E-state index contributed by atoms with van der Waals surface area (Å²) in [6.45, 7) is 1.30. The van der Waals surface area contributed by atoms with Crippen molar-refractivity contribution in [1.82, 2.24) is 4.90 Å². The minimum atomic E-state index is -0.675. The Kier molecular flexibility index (Phi) is 3.92. The van der Waals surface area contributed by atoms with Crippen molar-refractivity contribution in [1.29, 1.82) is 5.26 Å². The third kappa shape index (κ3) is 2.67. The van der Waals surface area contributed by atoms with E-state index >= 15 is 0 Å². The van der Waals surface area contributed by atoms with Crippen LogP contribution in [0.1, 0.15) is 15.9 Å². The van der Waals surface area contributed by atoms with Crippen LogP contribution in [0, 0.1) is 11.3 Å². The van der Waals surface area contributed by atoms with Gasteiger partial charge in [0.15, 0.2) is 0 Å². The van der Waals surface area contributed by atoms with Gasteiger partial charge < -0.3 is 14.7 Å². The lowest BCUT2D eigenvalue weighted by molar-refractivity contribution is 0.0534. The zero-order chi connectivity index (χ0) is 13.0. The number of carbonyl (C=O) groups excluding carboxylic acids is 1. The first-order valence-corrected chi connectivity index (χ1v) is 5.76. The predicted molar refractivity (Wildman–Crippen MR) is 63.9 cm³/mol. The Morgan fingerprint density at radius 1 is 1.50 bits per heavy atom. The lowest BCUT2D eigenvalue weighted by atomic mass is 10.1. The van der Waals surface area contributed by atoms with Gasteiger partial charge in [-0.3, -0.25) is 4.79 Å². The normalized spacial score (nSPS) is 20.0. The summed E-state index contributed by atoms with van der Waals surface area (Å²) in [7, 11) is 0. The second-order valence-electron chi connectivity index (χ2n) is 4.14. The smallest absolute Gasteiger partial charge is 0.255 e. The summed E-state index contributed by atoms with van der Waals surface area (Å²) in [6.07, 6.45) is -0.675. The highest BCUT2D eigenvalue weighted by molar-refractivity contribution is 5.96. The molecule has 1 heterocycles. The summed E-state index contributed by atoms with van der Waals surface area (Å²) in [5.41, 5.74) is 0.719. The van der Waals surface area contributed by atoms with Crippen LogP contribution in [0.25, 0.3) is 0 Å². The molecule has 1 saturated heterocycles. The third-order valence-electron chi connectivity index (χ3n) is 2.81. The topological polar surface area (TPSA) is 73.6 Å². The molecule has 1 aromatic carbocycles. The van der Waals surface area contributed by atoms with E-state index in [0.717, 1.165) is 0 Å². The summed E-state index contributed by atoms with van der Waals surface area (Å²) >= 11 is 0. The number of rotatable bonds is 1. The molecule has 0 saturated carbocycles. The minimum absolute atomic E-state index is 0.235. The molecule has 0 spiro atoms. The van der Waals surface area contributed by atoms with Crippen LogP contribution in [0.2, 0.25) is 0 Å². The molecule has 1 atom stereocenters. The van der Waals surface area contributed by atoms with Crippen molar-refractivity contribution < 1.29 is 14.6 Å². The van der Waals surface area contributed by atoms with Crippen LogP contribution in [0.4, 0.5) is 0 Å². The van der Waals surface area contributed by atoms with Crippen LogP contribution >= 0.6 is 0 Å². The Morgan fingerprint density at radius 3 is 3.06 bits per heavy atom. The number of nitrogens with zero attached hydrogens (tertiary/aromatic N) is 2. The van der Waals surface area contributed by atoms with Crippen molar-refractivity contribution in [3.8, 4) is 6.07 Å². The fourth-order valence-electron chi connectivity index (χ4n) is 1.91. The Labute approximate surface area is 105 Å². The number of carbonyl (C=O) groups is 1. The number of aliphatic hydroxyl groups excluding tert-OH is 1. The van der Waals surface area contributed by atoms with Crippen molar-refractivity contribution in [2.45, 2.75) is 6.10 Å². The van der Waals surface area contributed by atoms with Crippen molar-refractivity contribution in [3.05, 3.63) is 35.4 Å². The molecule has 1 amide bonds. The van der Waals surface area contributed by atoms with Crippen LogP contribution in [0.15, 0.2) is 24.3 Å². The van der Waals surface area contributed by atoms with Gasteiger partial charge >= 0.3 is 0 Å². The van der Waals surface area contributed by atoms with E-state index in [1.165, 1.54) is 4.90 Å². The molecule has 0 radical (unpaired) electrons. The second kappa shape index (κ2) is 5.63. The predicted octanol–water partition coefficient (Wildman–Crippen LogP) is 0.392. The van der Waals surface area contributed by atoms with E-state index in [0.29, 0.717) is 24.3 Å². The molecule has 5 heteroatoms. The fraction of sp³-hybridized carbons (Fsp3) is 0.385. The average molecular weight is 246 g/mol. The maximum atomic E-state index is 12.3. The van der Waals surface area contributed by atoms with Crippen LogP contribution < -0.4 is 0 Å². The molecule has 0 aliphatic carbocycles. The Balaban J connectivity index is 2.22. The van der Waals surface area contributed by atoms with Gasteiger partial charge in [0.25, 0.3) is 5.91 Å². The molecule has 1 aliphatic rings. The van der Waals surface area contributed by atoms with E-state index < -0.39 is 6.10 Å². The molecule has 5 nitrogen and oxygen atoms in total. The SMILES string of the molecule is N#Cc1ccccc1C(=O)N1CCOC[C@H](O)C1. The molecule has 1 aliphatic heterocycles. The molecule has 18 heavy (non-hydrogen) atoms. The summed E-state index contributed by atoms with van der Waals surface area (Å²) in [5.74, 6) is -0.239. The van der Waals surface area contributed by atoms with Gasteiger partial charge in [-0.1, -0.05) is 12.1 Å². The Morgan fingerprint density at radius 2 is 2.28 bits per heavy atom. The number of amides is 1. The minimum Gasteiger partial charge on any atom is -0.389 e. The van der Waals surface area contributed by atoms with Gasteiger partial charge in [-0.05, 0) is 12.1 Å². The molecule has 1 fully saturated rings. The Bertz CT molecular complexity index is 481. The molecular weight excluding hydrogens is 232 g/mol. The summed E-state index contributed by atoms with van der Waals surface area (Å²) in [4.78, 5) is 13.8. The molecule has 0 unspecified atom stereocenters. The first kappa shape index (κ1) is 12.6. The van der Waals surface area contributed by atoms with Crippen molar-refractivity contribution in [2.24, 2.45) is 0 Å². The zero-order valence-electron chi connectivity index (χ0n) is 9.87. The van der Waals surface area contributed by atoms with Crippen molar-refractivity contribution >= 4 is 5.91 Å². The zero-order valence-corrected chi connectivity index (χ0v) is 9.87. The van der Waals surface area contributed by atoms with Crippen LogP contribution in [-0.2, 0) is 4.74 Å². The average Bonchev–Trinajstić information content (AvgIpc) is 2.62. The summed E-state index contributed by atoms with van der Waals surface area (Å²) in [6, 6.07) is 8.67. The van der Waals surface area contributed by atoms with Gasteiger partial charge in [0.2, 0.25) is 0 Å². The molecular formula is C13H14N2O3. The highest BCUT2D eigenvalue weighted by Crippen LogP contribution is 2.12. The highest BCUT2D eigenvalue weighted by atomic mass is 16.5. The number of nitriles is 1. The number of β-amino-alcohol motifs (C(OH)–C–C–N with tert-alkyl or cyclic N) is 1. The Hall–Kier alpha value is -1.90. The van der Waals surface area contributed by atoms with Crippen molar-refractivity contribution in [2.75, 3.05) is 26.3 Å². The first-order chi connectivity index (χ1) is 8.72. The van der Waals surface area contributed by atoms with E-state index in [1.807, 2.05) is 6.07 Å². The van der Waals surface area contributed by atoms with E-state index in [1.54, 1.807) is 24.3 Å². The second-order valence-corrected chi connectivity index (χ2v) is 4.14. The lowest BCUT2D eigenvalue weighted by Gasteiger charge is -2.21. The van der Waals surface area contributed by atoms with E-state index in [-0.39, 0.29) is 19.1 Å². The van der Waals surface area contributed by atoms with Gasteiger partial charge in [-0.2, -0.15) is 5.26 Å². The molecule has 94 valence electrons. The summed E-state index contributed by atoms with van der Waals surface area (Å²) < 4.78 is 5.17. The number of benzene rings is 1. The molecule has 0 bridgehead atoms. The van der Waals surface area contributed by atoms with E-state index in [2.05, 4.69) is 0 Å². The quantitative estimate of drug-likeness (QED) is 0.778. The standard InChI is InChI=1S/C13H14N2O3/c14-7-10-3-1-2-4-12(10)13(17)15-5-6-18-9-11(16)8-15/h1-4,11,16H,5-6,8-9H2/t11-/m1/s1. The van der Waals surface area contributed by atoms with Crippen LogP contribution in [-0.4, -0.2) is 48.3 Å². The fourth-order valence-corrected chi connectivity index (χ4v) is 1.91. The van der Waals surface area contributed by atoms with Gasteiger partial charge in [-0.25, -0.2) is 0 Å². The van der Waals surface area contributed by atoms with E-state index in [4.69, 9.17) is 10.00 Å². The van der Waals surface area contributed by atoms with Gasteiger partial charge in [0.1, 0.15) is 0 Å². The van der Waals surface area contributed by atoms with Gasteiger partial charge in [0.05, 0.1) is 36.5 Å². The van der Waals surface area contributed by atoms with Crippen LogP contribution in [0.5, 0.6) is 0 Å². The molecule has 1 aromatic rings. The lowest BCUT2D eigenvalue weighted by Crippen LogP contribution is -2.38. The number of aliphatic hydroxyl groups is 1. The maximum absolute atomic E-state index is 12.3. The van der Waals surface area contributed by atoms with Crippen molar-refractivity contribution in [3.63, 3.8) is 0 Å². The largest absolute Gasteiger partial charge is 0.389 e. The monoisotopic (exact) mass is 246 g/mol.